The van der Waals surface area contributed by atoms with Gasteiger partial charge >= 0.3 is 0 Å². The Bertz CT molecular complexity index is 491. The summed E-state index contributed by atoms with van der Waals surface area (Å²) >= 11 is 6.36. The number of nitrogens with two attached hydrogens (primary N) is 1. The predicted molar refractivity (Wildman–Crippen MR) is 90.0 cm³/mol. The quantitative estimate of drug-likeness (QED) is 0.866. The van der Waals surface area contributed by atoms with Crippen molar-refractivity contribution in [2.45, 2.75) is 13.0 Å². The minimum atomic E-state index is 0.149. The predicted octanol–water partition coefficient (Wildman–Crippen LogP) is 1.99. The number of halogens is 1. The Morgan fingerprint density at radius 1 is 1.27 bits per heavy atom. The number of methoxy groups -OCH3 is 1. The van der Waals surface area contributed by atoms with E-state index in [0.717, 1.165) is 31.7 Å². The van der Waals surface area contributed by atoms with Gasteiger partial charge in [0.1, 0.15) is 0 Å². The van der Waals surface area contributed by atoms with Crippen molar-refractivity contribution < 1.29 is 9.47 Å². The van der Waals surface area contributed by atoms with Gasteiger partial charge < -0.3 is 20.1 Å². The Morgan fingerprint density at radius 3 is 2.50 bits per heavy atom. The van der Waals surface area contributed by atoms with Crippen molar-refractivity contribution in [1.29, 1.82) is 0 Å². The van der Waals surface area contributed by atoms with Gasteiger partial charge in [-0.3, -0.25) is 4.90 Å². The summed E-state index contributed by atoms with van der Waals surface area (Å²) in [7, 11) is 3.75. The molecule has 1 aromatic carbocycles. The van der Waals surface area contributed by atoms with Crippen LogP contribution in [0.5, 0.6) is 11.5 Å². The van der Waals surface area contributed by atoms with Crippen molar-refractivity contribution in [2.24, 2.45) is 5.73 Å². The van der Waals surface area contributed by atoms with Crippen LogP contribution in [-0.4, -0.2) is 63.3 Å². The fraction of sp³-hybridized carbons (Fsp3) is 0.625. The minimum Gasteiger partial charge on any atom is -0.491 e. The first-order valence-electron chi connectivity index (χ1n) is 7.73. The molecule has 0 amide bonds. The molecule has 2 rings (SSSR count). The monoisotopic (exact) mass is 327 g/mol. The lowest BCUT2D eigenvalue weighted by Crippen LogP contribution is -2.47. The van der Waals surface area contributed by atoms with E-state index in [1.807, 2.05) is 19.1 Å². The van der Waals surface area contributed by atoms with Gasteiger partial charge in [0.25, 0.3) is 0 Å². The van der Waals surface area contributed by atoms with Crippen LogP contribution in [0.4, 0.5) is 0 Å². The maximum Gasteiger partial charge on any atom is 0.179 e. The van der Waals surface area contributed by atoms with E-state index in [1.165, 1.54) is 0 Å². The number of likely N-dealkylation sites (N-methyl/N-ethyl adjacent to an activating group) is 1. The Morgan fingerprint density at radius 2 is 1.95 bits per heavy atom. The highest BCUT2D eigenvalue weighted by atomic mass is 35.5. The van der Waals surface area contributed by atoms with Crippen LogP contribution in [0.2, 0.25) is 5.02 Å². The van der Waals surface area contributed by atoms with Gasteiger partial charge in [-0.2, -0.15) is 0 Å². The standard InChI is InChI=1S/C16H26ClN3O2/c1-4-22-15-10-12(9-13(17)16(15)21-3)14(11-18)20-7-5-19(2)6-8-20/h9-10,14H,4-8,11,18H2,1-3H3. The molecule has 1 saturated heterocycles. The smallest absolute Gasteiger partial charge is 0.179 e. The number of nitrogens with zero attached hydrogens (tertiary/aromatic N) is 2. The highest BCUT2D eigenvalue weighted by Crippen LogP contribution is 2.38. The van der Waals surface area contributed by atoms with Crippen molar-refractivity contribution in [1.82, 2.24) is 9.80 Å². The molecule has 1 aromatic rings. The van der Waals surface area contributed by atoms with Crippen LogP contribution >= 0.6 is 11.6 Å². The second kappa shape index (κ2) is 8.02. The molecule has 22 heavy (non-hydrogen) atoms. The number of hydrogen-bond acceptors (Lipinski definition) is 5. The van der Waals surface area contributed by atoms with E-state index in [2.05, 4.69) is 16.8 Å². The molecule has 1 fully saturated rings. The highest BCUT2D eigenvalue weighted by molar-refractivity contribution is 6.32. The van der Waals surface area contributed by atoms with Crippen LogP contribution < -0.4 is 15.2 Å². The molecule has 1 unspecified atom stereocenters. The summed E-state index contributed by atoms with van der Waals surface area (Å²) in [6.07, 6.45) is 0. The zero-order valence-corrected chi connectivity index (χ0v) is 14.4. The fourth-order valence-electron chi connectivity index (χ4n) is 2.87. The normalized spacial score (nSPS) is 18.2. The SMILES string of the molecule is CCOc1cc(C(CN)N2CCN(C)CC2)cc(Cl)c1OC. The minimum absolute atomic E-state index is 0.149. The topological polar surface area (TPSA) is 51.0 Å². The van der Waals surface area contributed by atoms with Gasteiger partial charge in [-0.25, -0.2) is 0 Å². The van der Waals surface area contributed by atoms with Gasteiger partial charge in [-0.15, -0.1) is 0 Å². The molecule has 0 bridgehead atoms. The molecule has 1 atom stereocenters. The summed E-state index contributed by atoms with van der Waals surface area (Å²) in [5.41, 5.74) is 7.13. The van der Waals surface area contributed by atoms with Crippen LogP contribution in [0.1, 0.15) is 18.5 Å². The van der Waals surface area contributed by atoms with Gasteiger partial charge in [0, 0.05) is 38.8 Å². The Balaban J connectivity index is 2.28. The van der Waals surface area contributed by atoms with Crippen LogP contribution in [0.15, 0.2) is 12.1 Å². The third-order valence-corrected chi connectivity index (χ3v) is 4.40. The molecule has 0 saturated carbocycles. The largest absolute Gasteiger partial charge is 0.491 e. The molecule has 0 radical (unpaired) electrons. The zero-order valence-electron chi connectivity index (χ0n) is 13.6. The van der Waals surface area contributed by atoms with Crippen molar-refractivity contribution >= 4 is 11.6 Å². The second-order valence-electron chi connectivity index (χ2n) is 5.56. The average Bonchev–Trinajstić information content (AvgIpc) is 2.50. The van der Waals surface area contributed by atoms with Gasteiger partial charge in [0.2, 0.25) is 0 Å². The lowest BCUT2D eigenvalue weighted by atomic mass is 10.0. The Labute approximate surface area is 137 Å². The summed E-state index contributed by atoms with van der Waals surface area (Å²) in [5.74, 6) is 1.27. The van der Waals surface area contributed by atoms with E-state index in [9.17, 15) is 0 Å². The molecular formula is C16H26ClN3O2. The molecule has 124 valence electrons. The summed E-state index contributed by atoms with van der Waals surface area (Å²) in [5, 5.41) is 0.566. The molecule has 6 heteroatoms. The third kappa shape index (κ3) is 3.84. The molecule has 0 aromatic heterocycles. The van der Waals surface area contributed by atoms with Crippen LogP contribution in [0.25, 0.3) is 0 Å². The molecule has 0 spiro atoms. The van der Waals surface area contributed by atoms with Crippen molar-refractivity contribution in [3.8, 4) is 11.5 Å². The maximum atomic E-state index is 6.36. The summed E-state index contributed by atoms with van der Waals surface area (Å²) in [4.78, 5) is 4.74. The van der Waals surface area contributed by atoms with Gasteiger partial charge in [-0.1, -0.05) is 11.6 Å². The highest BCUT2D eigenvalue weighted by Gasteiger charge is 2.24. The average molecular weight is 328 g/mol. The second-order valence-corrected chi connectivity index (χ2v) is 5.97. The lowest BCUT2D eigenvalue weighted by molar-refractivity contribution is 0.114. The number of ether oxygens (including phenoxy) is 2. The van der Waals surface area contributed by atoms with E-state index in [4.69, 9.17) is 26.8 Å². The van der Waals surface area contributed by atoms with E-state index in [-0.39, 0.29) is 6.04 Å². The zero-order chi connectivity index (χ0) is 16.1. The fourth-order valence-corrected chi connectivity index (χ4v) is 3.17. The number of hydrogen-bond donors (Lipinski definition) is 1. The van der Waals surface area contributed by atoms with E-state index in [1.54, 1.807) is 7.11 Å². The molecule has 1 heterocycles. The first kappa shape index (κ1) is 17.3. The summed E-state index contributed by atoms with van der Waals surface area (Å²) in [6.45, 7) is 7.19. The first-order chi connectivity index (χ1) is 10.6. The number of benzene rings is 1. The Kier molecular flexibility index (Phi) is 6.32. The van der Waals surface area contributed by atoms with E-state index in [0.29, 0.717) is 29.7 Å². The third-order valence-electron chi connectivity index (χ3n) is 4.12. The van der Waals surface area contributed by atoms with E-state index < -0.39 is 0 Å². The van der Waals surface area contributed by atoms with Crippen molar-refractivity contribution in [3.05, 3.63) is 22.7 Å². The summed E-state index contributed by atoms with van der Waals surface area (Å²) < 4.78 is 11.0. The van der Waals surface area contributed by atoms with Gasteiger partial charge in [0.05, 0.1) is 18.7 Å². The molecule has 2 N–H and O–H groups in total. The maximum absolute atomic E-state index is 6.36. The number of rotatable bonds is 6. The molecule has 1 aliphatic heterocycles. The van der Waals surface area contributed by atoms with Gasteiger partial charge in [0.15, 0.2) is 11.5 Å². The van der Waals surface area contributed by atoms with Crippen LogP contribution in [0.3, 0.4) is 0 Å². The lowest BCUT2D eigenvalue weighted by Gasteiger charge is -2.38. The van der Waals surface area contributed by atoms with E-state index >= 15 is 0 Å². The van der Waals surface area contributed by atoms with Crippen molar-refractivity contribution in [2.75, 3.05) is 53.5 Å². The molecule has 5 nitrogen and oxygen atoms in total. The van der Waals surface area contributed by atoms with Gasteiger partial charge in [-0.05, 0) is 31.7 Å². The summed E-state index contributed by atoms with van der Waals surface area (Å²) in [6, 6.07) is 4.10. The number of piperazine rings is 1. The first-order valence-corrected chi connectivity index (χ1v) is 8.11. The Hall–Kier alpha value is -1.01. The van der Waals surface area contributed by atoms with Crippen molar-refractivity contribution in [3.63, 3.8) is 0 Å². The molecule has 1 aliphatic rings. The molecular weight excluding hydrogens is 302 g/mol. The van der Waals surface area contributed by atoms with Crippen LogP contribution in [0, 0.1) is 0 Å². The van der Waals surface area contributed by atoms with Crippen LogP contribution in [-0.2, 0) is 0 Å². The molecule has 0 aliphatic carbocycles.